The molecule has 152 valence electrons. The number of amides is 4. The second kappa shape index (κ2) is 8.73. The topological polar surface area (TPSA) is 78.5 Å². The number of carbonyl (C=O) groups excluding carboxylic acids is 3. The van der Waals surface area contributed by atoms with E-state index in [1.807, 2.05) is 6.07 Å². The van der Waals surface area contributed by atoms with E-state index in [0.29, 0.717) is 28.6 Å². The summed E-state index contributed by atoms with van der Waals surface area (Å²) in [5, 5.41) is 6.44. The van der Waals surface area contributed by atoms with Crippen molar-refractivity contribution < 1.29 is 14.4 Å². The molecule has 29 heavy (non-hydrogen) atoms. The third kappa shape index (κ3) is 4.74. The van der Waals surface area contributed by atoms with Crippen molar-refractivity contribution in [3.63, 3.8) is 0 Å². The lowest BCUT2D eigenvalue weighted by molar-refractivity contribution is -0.134. The van der Waals surface area contributed by atoms with Gasteiger partial charge in [0, 0.05) is 21.1 Å². The Hall–Kier alpha value is -2.09. The third-order valence-electron chi connectivity index (χ3n) is 4.71. The zero-order valence-corrected chi connectivity index (χ0v) is 18.6. The molecule has 1 saturated heterocycles. The third-order valence-corrected chi connectivity index (χ3v) is 5.79. The smallest absolute Gasteiger partial charge is 0.325 e. The van der Waals surface area contributed by atoms with Gasteiger partial charge >= 0.3 is 6.03 Å². The molecule has 2 N–H and O–H groups in total. The summed E-state index contributed by atoms with van der Waals surface area (Å²) in [5.41, 5.74) is 0.247. The van der Waals surface area contributed by atoms with E-state index in [9.17, 15) is 14.4 Å². The predicted molar refractivity (Wildman–Crippen MR) is 115 cm³/mol. The molecular formula is C20H18BrCl2N3O3. The van der Waals surface area contributed by atoms with Crippen molar-refractivity contribution in [2.45, 2.75) is 18.9 Å². The molecule has 0 aliphatic carbocycles. The first-order valence-corrected chi connectivity index (χ1v) is 10.4. The fourth-order valence-corrected chi connectivity index (χ4v) is 4.00. The van der Waals surface area contributed by atoms with Gasteiger partial charge in [-0.25, -0.2) is 4.79 Å². The number of urea groups is 1. The largest absolute Gasteiger partial charge is 0.354 e. The van der Waals surface area contributed by atoms with Gasteiger partial charge in [-0.1, -0.05) is 57.3 Å². The molecule has 0 saturated carbocycles. The van der Waals surface area contributed by atoms with E-state index in [4.69, 9.17) is 23.2 Å². The summed E-state index contributed by atoms with van der Waals surface area (Å²) in [6.45, 7) is 1.57. The Labute approximate surface area is 186 Å². The molecule has 1 atom stereocenters. The molecule has 4 amide bonds. The molecule has 0 aromatic heterocycles. The molecule has 1 unspecified atom stereocenters. The maximum absolute atomic E-state index is 12.9. The number of rotatable bonds is 6. The van der Waals surface area contributed by atoms with Crippen LogP contribution in [0, 0.1) is 0 Å². The zero-order chi connectivity index (χ0) is 21.2. The Kier molecular flexibility index (Phi) is 6.51. The molecule has 9 heteroatoms. The first-order valence-electron chi connectivity index (χ1n) is 8.81. The highest BCUT2D eigenvalue weighted by atomic mass is 79.9. The highest BCUT2D eigenvalue weighted by Crippen LogP contribution is 2.30. The molecule has 1 fully saturated rings. The van der Waals surface area contributed by atoms with E-state index in [1.165, 1.54) is 0 Å². The number of hydrogen-bond donors (Lipinski definition) is 2. The van der Waals surface area contributed by atoms with Crippen molar-refractivity contribution in [1.82, 2.24) is 15.5 Å². The number of halogens is 3. The molecular weight excluding hydrogens is 481 g/mol. The Morgan fingerprint density at radius 2 is 1.97 bits per heavy atom. The number of benzene rings is 2. The first-order chi connectivity index (χ1) is 13.7. The van der Waals surface area contributed by atoms with Gasteiger partial charge in [-0.15, -0.1) is 0 Å². The molecule has 1 aliphatic rings. The Morgan fingerprint density at radius 3 is 2.66 bits per heavy atom. The van der Waals surface area contributed by atoms with Gasteiger partial charge in [-0.3, -0.25) is 14.5 Å². The molecule has 2 aromatic rings. The Balaban J connectivity index is 1.60. The van der Waals surface area contributed by atoms with Crippen LogP contribution in [0.25, 0.3) is 0 Å². The summed E-state index contributed by atoms with van der Waals surface area (Å²) in [7, 11) is 0. The lowest BCUT2D eigenvalue weighted by Crippen LogP contribution is -2.43. The van der Waals surface area contributed by atoms with Gasteiger partial charge in [-0.2, -0.15) is 0 Å². The minimum Gasteiger partial charge on any atom is -0.354 e. The van der Waals surface area contributed by atoms with Crippen molar-refractivity contribution in [1.29, 1.82) is 0 Å². The van der Waals surface area contributed by atoms with Gasteiger partial charge in [0.25, 0.3) is 5.91 Å². The highest BCUT2D eigenvalue weighted by molar-refractivity contribution is 9.10. The molecule has 3 rings (SSSR count). The highest BCUT2D eigenvalue weighted by Gasteiger charge is 2.49. The molecule has 0 radical (unpaired) electrons. The van der Waals surface area contributed by atoms with Crippen LogP contribution in [0.2, 0.25) is 10.0 Å². The van der Waals surface area contributed by atoms with Gasteiger partial charge < -0.3 is 10.6 Å². The number of nitrogens with one attached hydrogen (secondary N) is 2. The van der Waals surface area contributed by atoms with Crippen LogP contribution in [0.3, 0.4) is 0 Å². The van der Waals surface area contributed by atoms with Gasteiger partial charge in [-0.05, 0) is 48.7 Å². The second-order valence-corrected chi connectivity index (χ2v) is 8.55. The summed E-state index contributed by atoms with van der Waals surface area (Å²) in [6.07, 6.45) is 0.498. The van der Waals surface area contributed by atoms with Crippen LogP contribution in [0.4, 0.5) is 4.79 Å². The summed E-state index contributed by atoms with van der Waals surface area (Å²) < 4.78 is 0.787. The summed E-state index contributed by atoms with van der Waals surface area (Å²) in [6, 6.07) is 11.7. The van der Waals surface area contributed by atoms with Crippen LogP contribution >= 0.6 is 39.1 Å². The second-order valence-electron chi connectivity index (χ2n) is 6.79. The van der Waals surface area contributed by atoms with Crippen molar-refractivity contribution in [2.75, 3.05) is 13.1 Å². The average Bonchev–Trinajstić information content (AvgIpc) is 2.88. The first kappa shape index (κ1) is 21.6. The van der Waals surface area contributed by atoms with Gasteiger partial charge in [0.05, 0.1) is 0 Å². The molecule has 6 nitrogen and oxygen atoms in total. The lowest BCUT2D eigenvalue weighted by atomic mass is 9.92. The molecule has 0 spiro atoms. The maximum Gasteiger partial charge on any atom is 0.325 e. The molecule has 1 heterocycles. The molecule has 1 aliphatic heterocycles. The summed E-state index contributed by atoms with van der Waals surface area (Å²) in [5.74, 6) is -0.909. The van der Waals surface area contributed by atoms with Crippen molar-refractivity contribution >= 4 is 57.0 Å². The minimum absolute atomic E-state index is 0.312. The van der Waals surface area contributed by atoms with E-state index in [2.05, 4.69) is 26.6 Å². The van der Waals surface area contributed by atoms with E-state index in [0.717, 1.165) is 14.9 Å². The Morgan fingerprint density at radius 1 is 1.21 bits per heavy atom. The molecule has 0 bridgehead atoms. The van der Waals surface area contributed by atoms with Gasteiger partial charge in [0.1, 0.15) is 12.1 Å². The number of nitrogens with zero attached hydrogens (tertiary/aromatic N) is 1. The van der Waals surface area contributed by atoms with Crippen LogP contribution in [-0.4, -0.2) is 35.8 Å². The SMILES string of the molecule is CC1(c2cccc(Br)c2)NC(=O)N(CC(=O)NCCc2ccc(Cl)cc2Cl)C1=O. The Bertz CT molecular complexity index is 985. The lowest BCUT2D eigenvalue weighted by Gasteiger charge is -2.22. The summed E-state index contributed by atoms with van der Waals surface area (Å²) >= 11 is 15.3. The quantitative estimate of drug-likeness (QED) is 0.593. The van der Waals surface area contributed by atoms with Crippen LogP contribution in [0.5, 0.6) is 0 Å². The van der Waals surface area contributed by atoms with E-state index >= 15 is 0 Å². The normalized spacial score (nSPS) is 18.7. The minimum atomic E-state index is -1.22. The monoisotopic (exact) mass is 497 g/mol. The number of carbonyl (C=O) groups is 3. The summed E-state index contributed by atoms with van der Waals surface area (Å²) in [4.78, 5) is 38.4. The maximum atomic E-state index is 12.9. The van der Waals surface area contributed by atoms with Crippen molar-refractivity contribution in [3.8, 4) is 0 Å². The van der Waals surface area contributed by atoms with E-state index < -0.39 is 23.4 Å². The van der Waals surface area contributed by atoms with E-state index in [1.54, 1.807) is 43.3 Å². The van der Waals surface area contributed by atoms with Crippen LogP contribution in [-0.2, 0) is 21.5 Å². The number of imide groups is 1. The van der Waals surface area contributed by atoms with E-state index in [-0.39, 0.29) is 6.54 Å². The number of hydrogen-bond acceptors (Lipinski definition) is 3. The van der Waals surface area contributed by atoms with Crippen LogP contribution in [0.1, 0.15) is 18.1 Å². The predicted octanol–water partition coefficient (Wildman–Crippen LogP) is 3.88. The zero-order valence-electron chi connectivity index (χ0n) is 15.5. The standard InChI is InChI=1S/C20H18BrCl2N3O3/c1-20(13-3-2-4-14(21)9-13)18(28)26(19(29)25-20)11-17(27)24-8-7-12-5-6-15(22)10-16(12)23/h2-6,9-10H,7-8,11H2,1H3,(H,24,27)(H,25,29). The van der Waals surface area contributed by atoms with Crippen LogP contribution in [0.15, 0.2) is 46.9 Å². The molecule has 2 aromatic carbocycles. The van der Waals surface area contributed by atoms with Gasteiger partial charge in [0.15, 0.2) is 0 Å². The fraction of sp³-hybridized carbons (Fsp3) is 0.250. The fourth-order valence-electron chi connectivity index (χ4n) is 3.10. The van der Waals surface area contributed by atoms with Crippen LogP contribution < -0.4 is 10.6 Å². The average molecular weight is 499 g/mol. The van der Waals surface area contributed by atoms with Crippen molar-refractivity contribution in [2.24, 2.45) is 0 Å². The van der Waals surface area contributed by atoms with Crippen molar-refractivity contribution in [3.05, 3.63) is 68.1 Å². The van der Waals surface area contributed by atoms with Gasteiger partial charge in [0.2, 0.25) is 5.91 Å².